The number of halogens is 2. The summed E-state index contributed by atoms with van der Waals surface area (Å²) in [4.78, 5) is 25.4. The van der Waals surface area contributed by atoms with Crippen molar-refractivity contribution in [1.29, 1.82) is 0 Å². The van der Waals surface area contributed by atoms with Crippen LogP contribution in [0.1, 0.15) is 10.4 Å². The van der Waals surface area contributed by atoms with Gasteiger partial charge in [0.15, 0.2) is 0 Å². The van der Waals surface area contributed by atoms with E-state index in [2.05, 4.69) is 15.0 Å². The van der Waals surface area contributed by atoms with Gasteiger partial charge in [-0.05, 0) is 0 Å². The highest BCUT2D eigenvalue weighted by Gasteiger charge is 2.18. The van der Waals surface area contributed by atoms with Crippen LogP contribution in [0.5, 0.6) is 0 Å². The Labute approximate surface area is 133 Å². The molecule has 0 bridgehead atoms. The first-order valence-electron chi connectivity index (χ1n) is 5.41. The van der Waals surface area contributed by atoms with Gasteiger partial charge in [0, 0.05) is 25.4 Å². The number of rotatable bonds is 6. The lowest BCUT2D eigenvalue weighted by Crippen LogP contribution is -2.08. The van der Waals surface area contributed by atoms with E-state index in [4.69, 9.17) is 5.73 Å². The molecule has 10 heteroatoms. The normalized spacial score (nSPS) is 9.43. The van der Waals surface area contributed by atoms with Crippen molar-refractivity contribution in [2.45, 2.75) is 0 Å². The number of hydrogen-bond acceptors (Lipinski definition) is 7. The lowest BCUT2D eigenvalue weighted by molar-refractivity contribution is -0.384. The largest absolute Gasteiger partial charge is 0.465 e. The molecule has 0 atom stereocenters. The lowest BCUT2D eigenvalue weighted by atomic mass is 10.2. The van der Waals surface area contributed by atoms with Crippen molar-refractivity contribution in [1.82, 2.24) is 4.98 Å². The number of nitrogens with two attached hydrogens (primary N) is 1. The molecule has 118 valence electrons. The SMILES string of the molecule is COC(=O)c1cnc(NC/C=C/CN)c([N+](=O)[O-])c1.Cl.Cl. The van der Waals surface area contributed by atoms with E-state index in [0.29, 0.717) is 13.1 Å². The predicted molar refractivity (Wildman–Crippen MR) is 83.4 cm³/mol. The van der Waals surface area contributed by atoms with E-state index < -0.39 is 10.9 Å². The molecule has 1 aromatic heterocycles. The van der Waals surface area contributed by atoms with Gasteiger partial charge >= 0.3 is 11.7 Å². The van der Waals surface area contributed by atoms with Crippen molar-refractivity contribution < 1.29 is 14.5 Å². The Morgan fingerprint density at radius 2 is 2.19 bits per heavy atom. The van der Waals surface area contributed by atoms with Gasteiger partial charge in [0.2, 0.25) is 5.82 Å². The second-order valence-electron chi connectivity index (χ2n) is 3.43. The first-order chi connectivity index (χ1) is 9.10. The van der Waals surface area contributed by atoms with Gasteiger partial charge in [-0.1, -0.05) is 12.2 Å². The minimum atomic E-state index is -0.676. The zero-order valence-corrected chi connectivity index (χ0v) is 12.8. The fourth-order valence-electron chi connectivity index (χ4n) is 1.29. The third-order valence-corrected chi connectivity index (χ3v) is 2.18. The minimum Gasteiger partial charge on any atom is -0.465 e. The van der Waals surface area contributed by atoms with Crippen LogP contribution in [-0.4, -0.2) is 36.1 Å². The van der Waals surface area contributed by atoms with E-state index in [1.807, 2.05) is 0 Å². The van der Waals surface area contributed by atoms with E-state index in [1.165, 1.54) is 13.3 Å². The Balaban J connectivity index is 0. The van der Waals surface area contributed by atoms with Gasteiger partial charge in [0.25, 0.3) is 0 Å². The smallest absolute Gasteiger partial charge is 0.339 e. The summed E-state index contributed by atoms with van der Waals surface area (Å²) in [5, 5.41) is 13.7. The monoisotopic (exact) mass is 338 g/mol. The van der Waals surface area contributed by atoms with Gasteiger partial charge < -0.3 is 15.8 Å². The molecule has 0 aromatic carbocycles. The summed E-state index contributed by atoms with van der Waals surface area (Å²) in [5.41, 5.74) is 5.00. The number of anilines is 1. The van der Waals surface area contributed by atoms with Gasteiger partial charge in [-0.15, -0.1) is 24.8 Å². The molecule has 0 aliphatic rings. The first-order valence-corrected chi connectivity index (χ1v) is 5.41. The topological polar surface area (TPSA) is 120 Å². The number of carbonyl (C=O) groups excluding carboxylic acids is 1. The second kappa shape index (κ2) is 10.8. The summed E-state index contributed by atoms with van der Waals surface area (Å²) in [6, 6.07) is 1.12. The molecule has 0 unspecified atom stereocenters. The van der Waals surface area contributed by atoms with Crippen LogP contribution < -0.4 is 11.1 Å². The number of nitrogens with one attached hydrogen (secondary N) is 1. The molecule has 21 heavy (non-hydrogen) atoms. The molecule has 0 aliphatic carbocycles. The number of pyridine rings is 1. The Morgan fingerprint density at radius 3 is 2.71 bits per heavy atom. The molecule has 8 nitrogen and oxygen atoms in total. The molecule has 0 fully saturated rings. The van der Waals surface area contributed by atoms with Crippen LogP contribution in [-0.2, 0) is 4.74 Å². The molecule has 0 saturated heterocycles. The summed E-state index contributed by atoms with van der Waals surface area (Å²) < 4.78 is 4.48. The van der Waals surface area contributed by atoms with E-state index in [-0.39, 0.29) is 41.9 Å². The molecular formula is C11H16Cl2N4O4. The van der Waals surface area contributed by atoms with Crippen molar-refractivity contribution in [3.05, 3.63) is 40.1 Å². The lowest BCUT2D eigenvalue weighted by Gasteiger charge is -2.05. The highest BCUT2D eigenvalue weighted by Crippen LogP contribution is 2.22. The van der Waals surface area contributed by atoms with Crippen LogP contribution in [0.2, 0.25) is 0 Å². The third kappa shape index (κ3) is 6.39. The number of nitrogens with zero attached hydrogens (tertiary/aromatic N) is 2. The van der Waals surface area contributed by atoms with Crippen molar-refractivity contribution in [3.63, 3.8) is 0 Å². The van der Waals surface area contributed by atoms with Crippen LogP contribution in [0.15, 0.2) is 24.4 Å². The summed E-state index contributed by atoms with van der Waals surface area (Å²) >= 11 is 0. The Hall–Kier alpha value is -1.90. The first kappa shape index (κ1) is 21.4. The maximum Gasteiger partial charge on any atom is 0.339 e. The van der Waals surface area contributed by atoms with Crippen LogP contribution in [0.25, 0.3) is 0 Å². The molecule has 0 aliphatic heterocycles. The number of nitro groups is 1. The Kier molecular flexibility index (Phi) is 11.0. The molecule has 0 spiro atoms. The standard InChI is InChI=1S/C11H14N4O4.2ClH/c1-19-11(16)8-6-9(15(17)18)10(14-7-8)13-5-3-2-4-12;;/h2-3,6-7H,4-5,12H2,1H3,(H,13,14);2*1H/b3-2+;;. The number of methoxy groups -OCH3 is 1. The second-order valence-corrected chi connectivity index (χ2v) is 3.43. The van der Waals surface area contributed by atoms with Crippen LogP contribution >= 0.6 is 24.8 Å². The minimum absolute atomic E-state index is 0. The van der Waals surface area contributed by atoms with Crippen LogP contribution in [0.3, 0.4) is 0 Å². The number of hydrogen-bond donors (Lipinski definition) is 2. The Bertz CT molecular complexity index is 511. The molecule has 3 N–H and O–H groups in total. The van der Waals surface area contributed by atoms with E-state index >= 15 is 0 Å². The summed E-state index contributed by atoms with van der Waals surface area (Å²) in [7, 11) is 1.19. The van der Waals surface area contributed by atoms with Crippen molar-refractivity contribution in [3.8, 4) is 0 Å². The summed E-state index contributed by atoms with van der Waals surface area (Å²) in [6.45, 7) is 0.737. The predicted octanol–water partition coefficient (Wildman–Crippen LogP) is 1.55. The number of esters is 1. The summed E-state index contributed by atoms with van der Waals surface area (Å²) in [6.07, 6.45) is 4.65. The zero-order chi connectivity index (χ0) is 14.3. The Morgan fingerprint density at radius 1 is 1.52 bits per heavy atom. The fourth-order valence-corrected chi connectivity index (χ4v) is 1.29. The van der Waals surface area contributed by atoms with Crippen molar-refractivity contribution in [2.24, 2.45) is 5.73 Å². The van der Waals surface area contributed by atoms with Crippen molar-refractivity contribution >= 4 is 42.3 Å². The molecule has 1 aromatic rings. The van der Waals surface area contributed by atoms with Crippen LogP contribution in [0.4, 0.5) is 11.5 Å². The number of ether oxygens (including phenoxy) is 1. The number of carbonyl (C=O) groups is 1. The molecular weight excluding hydrogens is 323 g/mol. The molecule has 1 heterocycles. The van der Waals surface area contributed by atoms with E-state index in [0.717, 1.165) is 6.07 Å². The third-order valence-electron chi connectivity index (χ3n) is 2.18. The summed E-state index contributed by atoms with van der Waals surface area (Å²) in [5.74, 6) is -0.593. The van der Waals surface area contributed by atoms with Gasteiger partial charge in [-0.3, -0.25) is 10.1 Å². The molecule has 0 amide bonds. The van der Waals surface area contributed by atoms with Gasteiger partial charge in [0.1, 0.15) is 0 Å². The van der Waals surface area contributed by atoms with Gasteiger partial charge in [-0.25, -0.2) is 9.78 Å². The quantitative estimate of drug-likeness (QED) is 0.349. The van der Waals surface area contributed by atoms with Crippen molar-refractivity contribution in [2.75, 3.05) is 25.5 Å². The maximum atomic E-state index is 11.3. The molecule has 1 rings (SSSR count). The average molecular weight is 339 g/mol. The molecule has 0 saturated carbocycles. The average Bonchev–Trinajstić information content (AvgIpc) is 2.42. The van der Waals surface area contributed by atoms with Gasteiger partial charge in [0.05, 0.1) is 17.6 Å². The fraction of sp³-hybridized carbons (Fsp3) is 0.273. The maximum absolute atomic E-state index is 11.3. The number of aromatic nitrogens is 1. The zero-order valence-electron chi connectivity index (χ0n) is 11.1. The van der Waals surface area contributed by atoms with E-state index in [9.17, 15) is 14.9 Å². The van der Waals surface area contributed by atoms with Crippen LogP contribution in [0, 0.1) is 10.1 Å². The van der Waals surface area contributed by atoms with E-state index in [1.54, 1.807) is 12.2 Å². The van der Waals surface area contributed by atoms with Gasteiger partial charge in [-0.2, -0.15) is 0 Å². The highest BCUT2D eigenvalue weighted by molar-refractivity contribution is 5.90. The highest BCUT2D eigenvalue weighted by atomic mass is 35.5. The molecule has 0 radical (unpaired) electrons.